The second-order valence-corrected chi connectivity index (χ2v) is 5.94. The van der Waals surface area contributed by atoms with E-state index in [9.17, 15) is 0 Å². The minimum absolute atomic E-state index is 0.401. The van der Waals surface area contributed by atoms with Crippen molar-refractivity contribution in [1.82, 2.24) is 5.32 Å². The van der Waals surface area contributed by atoms with Gasteiger partial charge in [-0.1, -0.05) is 30.3 Å². The van der Waals surface area contributed by atoms with Gasteiger partial charge in [0.05, 0.1) is 0 Å². The Balaban J connectivity index is 1.86. The van der Waals surface area contributed by atoms with Gasteiger partial charge in [-0.2, -0.15) is 0 Å². The first-order valence-corrected chi connectivity index (χ1v) is 7.42. The number of furan rings is 1. The largest absolute Gasteiger partial charge is 0.466 e. The van der Waals surface area contributed by atoms with E-state index in [-0.39, 0.29) is 0 Å². The quantitative estimate of drug-likeness (QED) is 0.896. The smallest absolute Gasteiger partial charge is 0.106 e. The molecule has 2 aromatic rings. The Bertz CT molecular complexity index is 599. The van der Waals surface area contributed by atoms with Crippen LogP contribution in [0.1, 0.15) is 46.6 Å². The summed E-state index contributed by atoms with van der Waals surface area (Å²) >= 11 is 0. The van der Waals surface area contributed by atoms with E-state index in [2.05, 4.69) is 63.5 Å². The van der Waals surface area contributed by atoms with Crippen LogP contribution >= 0.6 is 0 Å². The van der Waals surface area contributed by atoms with Gasteiger partial charge in [-0.25, -0.2) is 0 Å². The number of hydrogen-bond donors (Lipinski definition) is 1. The fourth-order valence-corrected chi connectivity index (χ4v) is 3.51. The summed E-state index contributed by atoms with van der Waals surface area (Å²) in [5.74, 6) is 3.48. The van der Waals surface area contributed by atoms with Crippen molar-refractivity contribution in [2.24, 2.45) is 5.92 Å². The van der Waals surface area contributed by atoms with Crippen LogP contribution in [0.4, 0.5) is 0 Å². The normalized spacial score (nSPS) is 22.8. The van der Waals surface area contributed by atoms with Crippen molar-refractivity contribution in [3.63, 3.8) is 0 Å². The Kier molecular flexibility index (Phi) is 3.43. The highest BCUT2D eigenvalue weighted by atomic mass is 16.3. The molecule has 1 heterocycles. The summed E-state index contributed by atoms with van der Waals surface area (Å²) in [6.07, 6.45) is 1.26. The predicted molar refractivity (Wildman–Crippen MR) is 82.0 cm³/mol. The average Bonchev–Trinajstić information content (AvgIpc) is 3.20. The molecule has 0 amide bonds. The zero-order chi connectivity index (χ0) is 14.3. The third-order valence-electron chi connectivity index (χ3n) is 4.74. The molecule has 0 bridgehead atoms. The van der Waals surface area contributed by atoms with Gasteiger partial charge < -0.3 is 9.73 Å². The van der Waals surface area contributed by atoms with Crippen LogP contribution in [0, 0.1) is 26.7 Å². The second-order valence-electron chi connectivity index (χ2n) is 5.94. The molecule has 3 unspecified atom stereocenters. The first kappa shape index (κ1) is 13.4. The molecule has 1 aliphatic carbocycles. The fraction of sp³-hybridized carbons (Fsp3) is 0.444. The lowest BCUT2D eigenvalue weighted by Gasteiger charge is -2.17. The van der Waals surface area contributed by atoms with Crippen LogP contribution in [0.25, 0.3) is 0 Å². The van der Waals surface area contributed by atoms with Gasteiger partial charge in [-0.15, -0.1) is 0 Å². The monoisotopic (exact) mass is 269 g/mol. The van der Waals surface area contributed by atoms with Crippen LogP contribution in [0.15, 0.2) is 34.7 Å². The van der Waals surface area contributed by atoms with Gasteiger partial charge in [0, 0.05) is 11.6 Å². The number of rotatable bonds is 4. The summed E-state index contributed by atoms with van der Waals surface area (Å²) in [5, 5.41) is 3.52. The third-order valence-corrected chi connectivity index (χ3v) is 4.74. The summed E-state index contributed by atoms with van der Waals surface area (Å²) in [4.78, 5) is 0. The lowest BCUT2D eigenvalue weighted by Crippen LogP contribution is -2.20. The number of benzene rings is 1. The van der Waals surface area contributed by atoms with E-state index in [0.717, 1.165) is 11.5 Å². The Morgan fingerprint density at radius 2 is 1.80 bits per heavy atom. The van der Waals surface area contributed by atoms with E-state index in [4.69, 9.17) is 4.42 Å². The van der Waals surface area contributed by atoms with Crippen molar-refractivity contribution in [3.05, 3.63) is 58.5 Å². The number of aryl methyl sites for hydroxylation is 2. The van der Waals surface area contributed by atoms with E-state index in [1.165, 1.54) is 23.1 Å². The summed E-state index contributed by atoms with van der Waals surface area (Å²) in [5.41, 5.74) is 4.14. The van der Waals surface area contributed by atoms with Crippen LogP contribution < -0.4 is 5.32 Å². The summed E-state index contributed by atoms with van der Waals surface area (Å²) in [7, 11) is 2.06. The SMILES string of the molecule is CNC(c1c(C)oc(C)c1C)C1CC1c1ccccc1. The van der Waals surface area contributed by atoms with Crippen molar-refractivity contribution < 1.29 is 4.42 Å². The van der Waals surface area contributed by atoms with E-state index in [1.54, 1.807) is 0 Å². The molecule has 0 saturated heterocycles. The molecule has 0 aliphatic heterocycles. The molecule has 1 fully saturated rings. The Morgan fingerprint density at radius 1 is 1.10 bits per heavy atom. The average molecular weight is 269 g/mol. The topological polar surface area (TPSA) is 25.2 Å². The standard InChI is InChI=1S/C18H23NO/c1-11-12(2)20-13(3)17(11)18(19-4)16-10-15(16)14-8-6-5-7-9-14/h5-9,15-16,18-19H,10H2,1-4H3. The second kappa shape index (κ2) is 5.10. The van der Waals surface area contributed by atoms with Gasteiger partial charge in [0.2, 0.25) is 0 Å². The first-order valence-electron chi connectivity index (χ1n) is 7.42. The number of nitrogens with one attached hydrogen (secondary N) is 1. The highest BCUT2D eigenvalue weighted by Crippen LogP contribution is 2.54. The maximum absolute atomic E-state index is 5.81. The minimum Gasteiger partial charge on any atom is -0.466 e. The van der Waals surface area contributed by atoms with Gasteiger partial charge in [0.15, 0.2) is 0 Å². The summed E-state index contributed by atoms with van der Waals surface area (Å²) in [6.45, 7) is 6.31. The van der Waals surface area contributed by atoms with E-state index < -0.39 is 0 Å². The van der Waals surface area contributed by atoms with Crippen molar-refractivity contribution >= 4 is 0 Å². The van der Waals surface area contributed by atoms with Crippen molar-refractivity contribution in [2.45, 2.75) is 39.2 Å². The fourth-order valence-electron chi connectivity index (χ4n) is 3.51. The first-order chi connectivity index (χ1) is 9.63. The molecule has 2 nitrogen and oxygen atoms in total. The molecule has 2 heteroatoms. The molecule has 0 spiro atoms. The van der Waals surface area contributed by atoms with Crippen LogP contribution in [-0.2, 0) is 0 Å². The molecular weight excluding hydrogens is 246 g/mol. The van der Waals surface area contributed by atoms with Gasteiger partial charge in [-0.3, -0.25) is 0 Å². The zero-order valence-corrected chi connectivity index (χ0v) is 12.7. The third kappa shape index (κ3) is 2.18. The predicted octanol–water partition coefficient (Wildman–Crippen LogP) is 4.27. The molecule has 1 aromatic carbocycles. The Hall–Kier alpha value is -1.54. The van der Waals surface area contributed by atoms with Crippen LogP contribution in [-0.4, -0.2) is 7.05 Å². The van der Waals surface area contributed by atoms with Gasteiger partial charge in [0.1, 0.15) is 11.5 Å². The lowest BCUT2D eigenvalue weighted by atomic mass is 9.96. The Morgan fingerprint density at radius 3 is 2.35 bits per heavy atom. The van der Waals surface area contributed by atoms with E-state index >= 15 is 0 Å². The highest BCUT2D eigenvalue weighted by Gasteiger charge is 2.45. The maximum atomic E-state index is 5.81. The molecule has 1 saturated carbocycles. The van der Waals surface area contributed by atoms with Crippen molar-refractivity contribution in [2.75, 3.05) is 7.05 Å². The molecule has 1 N–H and O–H groups in total. The van der Waals surface area contributed by atoms with E-state index in [1.807, 2.05) is 0 Å². The molecule has 106 valence electrons. The Labute approximate surface area is 121 Å². The summed E-state index contributed by atoms with van der Waals surface area (Å²) in [6, 6.07) is 11.3. The molecule has 0 radical (unpaired) electrons. The van der Waals surface area contributed by atoms with Gasteiger partial charge >= 0.3 is 0 Å². The van der Waals surface area contributed by atoms with Crippen LogP contribution in [0.5, 0.6) is 0 Å². The summed E-state index contributed by atoms with van der Waals surface area (Å²) < 4.78 is 5.81. The molecule has 1 aromatic heterocycles. The molecule has 3 rings (SSSR count). The van der Waals surface area contributed by atoms with Gasteiger partial charge in [-0.05, 0) is 57.2 Å². The van der Waals surface area contributed by atoms with Crippen molar-refractivity contribution in [3.8, 4) is 0 Å². The highest BCUT2D eigenvalue weighted by molar-refractivity contribution is 5.38. The van der Waals surface area contributed by atoms with Crippen LogP contribution in [0.2, 0.25) is 0 Å². The maximum Gasteiger partial charge on any atom is 0.106 e. The van der Waals surface area contributed by atoms with Crippen LogP contribution in [0.3, 0.4) is 0 Å². The molecule has 20 heavy (non-hydrogen) atoms. The molecule has 1 aliphatic rings. The minimum atomic E-state index is 0.401. The number of hydrogen-bond acceptors (Lipinski definition) is 2. The molecular formula is C18H23NO. The van der Waals surface area contributed by atoms with Gasteiger partial charge in [0.25, 0.3) is 0 Å². The molecule has 3 atom stereocenters. The zero-order valence-electron chi connectivity index (χ0n) is 12.7. The van der Waals surface area contributed by atoms with Crippen molar-refractivity contribution in [1.29, 1.82) is 0 Å². The lowest BCUT2D eigenvalue weighted by molar-refractivity contribution is 0.474. The van der Waals surface area contributed by atoms with E-state index in [0.29, 0.717) is 17.9 Å².